The molecule has 2 aromatic carbocycles. The molecule has 0 bridgehead atoms. The van der Waals surface area contributed by atoms with Crippen LogP contribution in [0, 0.1) is 0 Å². The third-order valence-electron chi connectivity index (χ3n) is 6.96. The third-order valence-corrected chi connectivity index (χ3v) is 9.84. The molecule has 39 heavy (non-hydrogen) atoms. The Morgan fingerprint density at radius 2 is 1.85 bits per heavy atom. The molecule has 212 valence electrons. The number of aromatic nitrogens is 1. The minimum absolute atomic E-state index is 0.0802. The maximum Gasteiger partial charge on any atom is 0.260 e. The number of sulfonamides is 1. The summed E-state index contributed by atoms with van der Waals surface area (Å²) in [7, 11) is -2.13. The van der Waals surface area contributed by atoms with Crippen molar-refractivity contribution in [2.24, 2.45) is 0 Å². The van der Waals surface area contributed by atoms with E-state index in [1.54, 1.807) is 24.1 Å². The first-order valence-electron chi connectivity index (χ1n) is 13.5. The number of ether oxygens (including phenoxy) is 2. The lowest BCUT2D eigenvalue weighted by Crippen LogP contribution is -2.39. The van der Waals surface area contributed by atoms with Crippen LogP contribution in [0.15, 0.2) is 47.4 Å². The van der Waals surface area contributed by atoms with Gasteiger partial charge in [0.15, 0.2) is 5.13 Å². The summed E-state index contributed by atoms with van der Waals surface area (Å²) in [5.41, 5.74) is 1.21. The van der Waals surface area contributed by atoms with Crippen molar-refractivity contribution < 1.29 is 22.7 Å². The van der Waals surface area contributed by atoms with Crippen molar-refractivity contribution in [1.29, 1.82) is 0 Å². The molecule has 1 saturated heterocycles. The highest BCUT2D eigenvalue weighted by Crippen LogP contribution is 2.32. The Balaban J connectivity index is 1.58. The average Bonchev–Trinajstić information content (AvgIpc) is 3.61. The number of anilines is 1. The normalized spacial score (nSPS) is 15.9. The maximum absolute atomic E-state index is 13.8. The fraction of sp³-hybridized carbons (Fsp3) is 0.500. The van der Waals surface area contributed by atoms with Gasteiger partial charge in [0, 0.05) is 38.9 Å². The van der Waals surface area contributed by atoms with E-state index < -0.39 is 10.0 Å². The molecule has 2 heterocycles. The second-order valence-corrected chi connectivity index (χ2v) is 12.5. The summed E-state index contributed by atoms with van der Waals surface area (Å²) in [6.45, 7) is 10.6. The Morgan fingerprint density at radius 1 is 1.10 bits per heavy atom. The Kier molecular flexibility index (Phi) is 9.95. The second-order valence-electron chi connectivity index (χ2n) is 9.49. The minimum atomic E-state index is -3.70. The van der Waals surface area contributed by atoms with Gasteiger partial charge in [-0.05, 0) is 75.3 Å². The van der Waals surface area contributed by atoms with Crippen molar-refractivity contribution in [1.82, 2.24) is 14.2 Å². The molecule has 1 aliphatic heterocycles. The zero-order chi connectivity index (χ0) is 28.0. The van der Waals surface area contributed by atoms with E-state index in [-0.39, 0.29) is 16.9 Å². The molecule has 11 heteroatoms. The van der Waals surface area contributed by atoms with Gasteiger partial charge in [-0.1, -0.05) is 25.2 Å². The highest BCUT2D eigenvalue weighted by atomic mass is 32.2. The molecule has 9 nitrogen and oxygen atoms in total. The highest BCUT2D eigenvalue weighted by molar-refractivity contribution is 7.89. The lowest BCUT2D eigenvalue weighted by Gasteiger charge is -2.25. The summed E-state index contributed by atoms with van der Waals surface area (Å²) in [4.78, 5) is 22.6. The van der Waals surface area contributed by atoms with Gasteiger partial charge in [-0.25, -0.2) is 13.4 Å². The number of fused-ring (bicyclic) bond motifs is 1. The Morgan fingerprint density at radius 3 is 2.49 bits per heavy atom. The quantitative estimate of drug-likeness (QED) is 0.297. The van der Waals surface area contributed by atoms with Crippen LogP contribution in [0.3, 0.4) is 0 Å². The monoisotopic (exact) mass is 574 g/mol. The number of amides is 1. The van der Waals surface area contributed by atoms with Gasteiger partial charge in [-0.3, -0.25) is 9.69 Å². The smallest absolute Gasteiger partial charge is 0.260 e. The van der Waals surface area contributed by atoms with E-state index in [9.17, 15) is 13.2 Å². The van der Waals surface area contributed by atoms with Crippen LogP contribution in [0.2, 0.25) is 0 Å². The average molecular weight is 575 g/mol. The summed E-state index contributed by atoms with van der Waals surface area (Å²) < 4.78 is 39.7. The van der Waals surface area contributed by atoms with Crippen molar-refractivity contribution >= 4 is 42.6 Å². The highest BCUT2D eigenvalue weighted by Gasteiger charge is 2.27. The molecule has 1 amide bonds. The standard InChI is InChI=1S/C28H38N4O5S2/c1-5-31(6-2)16-17-32(28-29-25-15-12-22(36-7-3)19-26(25)38-28)27(33)21-10-13-24(14-11-21)39(34,35)30(4)20-23-9-8-18-37-23/h10-15,19,23H,5-9,16-18,20H2,1-4H3. The van der Waals surface area contributed by atoms with E-state index in [0.29, 0.717) is 43.5 Å². The Hall–Kier alpha value is -2.57. The van der Waals surface area contributed by atoms with Crippen LogP contribution in [0.1, 0.15) is 44.0 Å². The first-order valence-corrected chi connectivity index (χ1v) is 15.8. The molecule has 0 N–H and O–H groups in total. The number of carbonyl (C=O) groups excluding carboxylic acids is 1. The fourth-order valence-corrected chi connectivity index (χ4v) is 6.83. The molecule has 1 aliphatic rings. The van der Waals surface area contributed by atoms with Crippen LogP contribution in [0.4, 0.5) is 5.13 Å². The first kappa shape index (κ1) is 29.4. The topological polar surface area (TPSA) is 92.3 Å². The van der Waals surface area contributed by atoms with E-state index in [2.05, 4.69) is 18.7 Å². The predicted molar refractivity (Wildman–Crippen MR) is 155 cm³/mol. The Labute approximate surface area is 235 Å². The zero-order valence-electron chi connectivity index (χ0n) is 23.1. The summed E-state index contributed by atoms with van der Waals surface area (Å²) >= 11 is 1.44. The van der Waals surface area contributed by atoms with Crippen LogP contribution in [0.25, 0.3) is 10.2 Å². The Bertz CT molecular complexity index is 1350. The zero-order valence-corrected chi connectivity index (χ0v) is 24.8. The maximum atomic E-state index is 13.8. The van der Waals surface area contributed by atoms with Crippen molar-refractivity contribution in [2.45, 2.75) is 44.6 Å². The van der Waals surface area contributed by atoms with Crippen LogP contribution in [-0.2, 0) is 14.8 Å². The van der Waals surface area contributed by atoms with E-state index in [4.69, 9.17) is 14.5 Å². The van der Waals surface area contributed by atoms with E-state index >= 15 is 0 Å². The number of carbonyl (C=O) groups is 1. The first-order chi connectivity index (χ1) is 18.8. The van der Waals surface area contributed by atoms with E-state index in [1.165, 1.54) is 27.8 Å². The molecule has 1 fully saturated rings. The number of benzene rings is 2. The van der Waals surface area contributed by atoms with Gasteiger partial charge in [0.25, 0.3) is 5.91 Å². The number of rotatable bonds is 13. The molecule has 1 atom stereocenters. The number of thiazole rings is 1. The van der Waals surface area contributed by atoms with Gasteiger partial charge in [-0.2, -0.15) is 4.31 Å². The molecule has 4 rings (SSSR count). The van der Waals surface area contributed by atoms with Crippen LogP contribution in [0.5, 0.6) is 5.75 Å². The van der Waals surface area contributed by atoms with Gasteiger partial charge >= 0.3 is 0 Å². The molecule has 0 saturated carbocycles. The van der Waals surface area contributed by atoms with Crippen molar-refractivity contribution in [2.75, 3.05) is 57.9 Å². The molecule has 0 radical (unpaired) electrons. The SMILES string of the molecule is CCOc1ccc2nc(N(CCN(CC)CC)C(=O)c3ccc(S(=O)(=O)N(C)CC4CCCO4)cc3)sc2c1. The number of hydrogen-bond donors (Lipinski definition) is 0. The van der Waals surface area contributed by atoms with Crippen LogP contribution < -0.4 is 9.64 Å². The summed E-state index contributed by atoms with van der Waals surface area (Å²) in [6, 6.07) is 11.9. The van der Waals surface area contributed by atoms with Gasteiger partial charge in [0.1, 0.15) is 5.75 Å². The number of hydrogen-bond acceptors (Lipinski definition) is 8. The molecule has 1 aromatic heterocycles. The van der Waals surface area contributed by atoms with Crippen LogP contribution >= 0.6 is 11.3 Å². The molecular formula is C28H38N4O5S2. The van der Waals surface area contributed by atoms with E-state index in [1.807, 2.05) is 25.1 Å². The van der Waals surface area contributed by atoms with Gasteiger partial charge in [-0.15, -0.1) is 0 Å². The fourth-order valence-electron chi connectivity index (χ4n) is 4.61. The molecular weight excluding hydrogens is 536 g/mol. The van der Waals surface area contributed by atoms with Gasteiger partial charge in [0.05, 0.1) is 27.8 Å². The molecule has 0 aliphatic carbocycles. The summed E-state index contributed by atoms with van der Waals surface area (Å²) in [6.07, 6.45) is 1.72. The second kappa shape index (κ2) is 13.2. The summed E-state index contributed by atoms with van der Waals surface area (Å²) in [5, 5.41) is 0.601. The predicted octanol–water partition coefficient (Wildman–Crippen LogP) is 4.48. The largest absolute Gasteiger partial charge is 0.494 e. The molecule has 0 spiro atoms. The lowest BCUT2D eigenvalue weighted by atomic mass is 10.2. The van der Waals surface area contributed by atoms with E-state index in [0.717, 1.165) is 41.9 Å². The molecule has 1 unspecified atom stereocenters. The summed E-state index contributed by atoms with van der Waals surface area (Å²) in [5.74, 6) is 0.547. The van der Waals surface area contributed by atoms with Crippen molar-refractivity contribution in [3.8, 4) is 5.75 Å². The van der Waals surface area contributed by atoms with Crippen molar-refractivity contribution in [3.05, 3.63) is 48.0 Å². The minimum Gasteiger partial charge on any atom is -0.494 e. The van der Waals surface area contributed by atoms with Crippen molar-refractivity contribution in [3.63, 3.8) is 0 Å². The lowest BCUT2D eigenvalue weighted by molar-refractivity contribution is 0.0978. The van der Waals surface area contributed by atoms with Gasteiger partial charge in [0.2, 0.25) is 10.0 Å². The number of likely N-dealkylation sites (N-methyl/N-ethyl adjacent to an activating group) is 2. The van der Waals surface area contributed by atoms with Gasteiger partial charge < -0.3 is 14.4 Å². The number of nitrogens with zero attached hydrogens (tertiary/aromatic N) is 4. The molecule has 3 aromatic rings. The third kappa shape index (κ3) is 6.96. The van der Waals surface area contributed by atoms with Crippen LogP contribution in [-0.4, -0.2) is 87.6 Å².